The van der Waals surface area contributed by atoms with Crippen LogP contribution in [0.1, 0.15) is 6.42 Å². The molecule has 0 saturated carbocycles. The fourth-order valence-electron chi connectivity index (χ4n) is 0.239. The Morgan fingerprint density at radius 2 is 2.25 bits per heavy atom. The fraction of sp³-hybridized carbons (Fsp3) is 1.00. The smallest absolute Gasteiger partial charge is 0.103 e. The van der Waals surface area contributed by atoms with Crippen LogP contribution in [-0.2, 0) is 32.7 Å². The van der Waals surface area contributed by atoms with Crippen LogP contribution in [0.2, 0.25) is 0 Å². The van der Waals surface area contributed by atoms with Crippen molar-refractivity contribution in [2.75, 3.05) is 12.0 Å². The zero-order chi connectivity index (χ0) is 5.70. The van der Waals surface area contributed by atoms with E-state index in [1.807, 2.05) is 6.26 Å². The van der Waals surface area contributed by atoms with Crippen LogP contribution < -0.4 is 5.73 Å². The van der Waals surface area contributed by atoms with Crippen LogP contribution >= 0.6 is 11.8 Å². The maximum atomic E-state index is 8.45. The summed E-state index contributed by atoms with van der Waals surface area (Å²) in [5, 5.41) is 8.45. The fourth-order valence-corrected chi connectivity index (χ4v) is 0.716. The molecule has 0 aromatic heterocycles. The zero-order valence-corrected chi connectivity index (χ0v) is 8.66. The maximum Gasteiger partial charge on any atom is 0.103 e. The molecule has 0 saturated heterocycles. The van der Waals surface area contributed by atoms with Crippen molar-refractivity contribution in [1.29, 1.82) is 0 Å². The molecule has 0 rings (SSSR count). The number of aliphatic hydroxyl groups is 1. The van der Waals surface area contributed by atoms with Gasteiger partial charge in [-0.25, -0.2) is 0 Å². The van der Waals surface area contributed by atoms with Crippen LogP contribution in [-0.4, -0.2) is 23.3 Å². The summed E-state index contributed by atoms with van der Waals surface area (Å²) in [6, 6.07) is 0. The van der Waals surface area contributed by atoms with E-state index in [2.05, 4.69) is 0 Å². The summed E-state index contributed by atoms with van der Waals surface area (Å²) in [6.45, 7) is 0. The van der Waals surface area contributed by atoms with E-state index in [4.69, 9.17) is 10.8 Å². The summed E-state index contributed by atoms with van der Waals surface area (Å²) in [4.78, 5) is 0. The number of hydrogen-bond acceptors (Lipinski definition) is 3. The monoisotopic (exact) mass is 210 g/mol. The normalized spacial score (nSPS) is 12.4. The van der Waals surface area contributed by atoms with Gasteiger partial charge in [-0.15, -0.1) is 0 Å². The van der Waals surface area contributed by atoms with Gasteiger partial charge in [0, 0.05) is 32.7 Å². The van der Waals surface area contributed by atoms with Gasteiger partial charge in [-0.1, -0.05) is 0 Å². The van der Waals surface area contributed by atoms with Crippen molar-refractivity contribution >= 4 is 11.8 Å². The van der Waals surface area contributed by atoms with Gasteiger partial charge in [0.15, 0.2) is 0 Å². The van der Waals surface area contributed by atoms with Gasteiger partial charge in [-0.3, -0.25) is 0 Å². The molecule has 2 nitrogen and oxygen atoms in total. The Morgan fingerprint density at radius 1 is 1.75 bits per heavy atom. The minimum Gasteiger partial charge on any atom is -0.379 e. The van der Waals surface area contributed by atoms with Crippen molar-refractivity contribution < 1.29 is 37.8 Å². The van der Waals surface area contributed by atoms with Crippen LogP contribution in [0.3, 0.4) is 0 Å². The van der Waals surface area contributed by atoms with E-state index in [1.165, 1.54) is 0 Å². The molecule has 0 aromatic rings. The van der Waals surface area contributed by atoms with Crippen LogP contribution in [0.4, 0.5) is 0 Å². The van der Waals surface area contributed by atoms with Crippen LogP contribution in [0.15, 0.2) is 0 Å². The summed E-state index contributed by atoms with van der Waals surface area (Å²) < 4.78 is 0. The van der Waals surface area contributed by atoms with Gasteiger partial charge >= 0.3 is 0 Å². The Kier molecular flexibility index (Phi) is 12.7. The van der Waals surface area contributed by atoms with Crippen molar-refractivity contribution in [3.8, 4) is 0 Å². The van der Waals surface area contributed by atoms with Crippen molar-refractivity contribution in [2.24, 2.45) is 5.73 Å². The molecule has 1 unspecified atom stereocenters. The van der Waals surface area contributed by atoms with Crippen molar-refractivity contribution in [3.63, 3.8) is 0 Å². The molecule has 1 atom stereocenters. The first kappa shape index (κ1) is 12.1. The first-order valence-corrected chi connectivity index (χ1v) is 3.59. The quantitative estimate of drug-likeness (QED) is 0.645. The number of nitrogens with two attached hydrogens (primary N) is 1. The van der Waals surface area contributed by atoms with Gasteiger partial charge in [-0.05, 0) is 18.4 Å². The predicted octanol–water partition coefficient (Wildman–Crippen LogP) is 0.0141. The summed E-state index contributed by atoms with van der Waals surface area (Å²) in [7, 11) is 0. The number of hydrogen-bond donors (Lipinski definition) is 2. The Balaban J connectivity index is 0. The van der Waals surface area contributed by atoms with Gasteiger partial charge in [-0.2, -0.15) is 11.8 Å². The van der Waals surface area contributed by atoms with Gasteiger partial charge in [0.25, 0.3) is 0 Å². The molecule has 47 valence electrons. The molecule has 1 radical (unpaired) electrons. The first-order valence-electron chi connectivity index (χ1n) is 2.20. The Bertz CT molecular complexity index is 45.0. The molecule has 4 heteroatoms. The SMILES string of the molecule is CSCCC(N)O.[Y]. The average molecular weight is 210 g/mol. The molecule has 0 fully saturated rings. The average Bonchev–Trinajstić information content (AvgIpc) is 1.61. The zero-order valence-electron chi connectivity index (χ0n) is 5.00. The van der Waals surface area contributed by atoms with E-state index in [0.717, 1.165) is 5.75 Å². The molecule has 8 heavy (non-hydrogen) atoms. The molecule has 0 aliphatic carbocycles. The molecule has 0 spiro atoms. The third-order valence-corrected chi connectivity index (χ3v) is 1.26. The Hall–Kier alpha value is 1.37. The predicted molar refractivity (Wildman–Crippen MR) is 33.2 cm³/mol. The molecule has 0 aromatic carbocycles. The van der Waals surface area contributed by atoms with Gasteiger partial charge < -0.3 is 10.8 Å². The van der Waals surface area contributed by atoms with Gasteiger partial charge in [0.2, 0.25) is 0 Å². The topological polar surface area (TPSA) is 46.2 Å². The molecular formula is C4H11NOSY. The van der Waals surface area contributed by atoms with E-state index >= 15 is 0 Å². The minimum absolute atomic E-state index is 0. The second kappa shape index (κ2) is 8.37. The van der Waals surface area contributed by atoms with Crippen LogP contribution in [0.5, 0.6) is 0 Å². The summed E-state index contributed by atoms with van der Waals surface area (Å²) in [5.41, 5.74) is 5.02. The van der Waals surface area contributed by atoms with Crippen molar-refractivity contribution in [3.05, 3.63) is 0 Å². The number of aliphatic hydroxyl groups excluding tert-OH is 1. The Morgan fingerprint density at radius 3 is 2.38 bits per heavy atom. The minimum atomic E-state index is -0.618. The summed E-state index contributed by atoms with van der Waals surface area (Å²) in [5.74, 6) is 0.942. The maximum absolute atomic E-state index is 8.45. The second-order valence-electron chi connectivity index (χ2n) is 1.35. The third kappa shape index (κ3) is 10.4. The van der Waals surface area contributed by atoms with Crippen LogP contribution in [0, 0.1) is 0 Å². The van der Waals surface area contributed by atoms with E-state index in [-0.39, 0.29) is 32.7 Å². The molecule has 0 heterocycles. The molecule has 0 bridgehead atoms. The Labute approximate surface area is 79.5 Å². The van der Waals surface area contributed by atoms with Crippen LogP contribution in [0.25, 0.3) is 0 Å². The molecular weight excluding hydrogens is 199 g/mol. The van der Waals surface area contributed by atoms with Gasteiger partial charge in [0.1, 0.15) is 6.23 Å². The van der Waals surface area contributed by atoms with E-state index < -0.39 is 6.23 Å². The largest absolute Gasteiger partial charge is 0.379 e. The number of thioether (sulfide) groups is 1. The van der Waals surface area contributed by atoms with E-state index in [0.29, 0.717) is 6.42 Å². The standard InChI is InChI=1S/C4H11NOS.Y/c1-7-3-2-4(5)6;/h4,6H,2-3,5H2,1H3;. The van der Waals surface area contributed by atoms with Gasteiger partial charge in [0.05, 0.1) is 0 Å². The summed E-state index contributed by atoms with van der Waals surface area (Å²) >= 11 is 1.69. The molecule has 0 aliphatic rings. The van der Waals surface area contributed by atoms with E-state index in [9.17, 15) is 0 Å². The second-order valence-corrected chi connectivity index (χ2v) is 2.33. The van der Waals surface area contributed by atoms with Crippen molar-refractivity contribution in [1.82, 2.24) is 0 Å². The number of rotatable bonds is 3. The first-order chi connectivity index (χ1) is 3.27. The third-order valence-electron chi connectivity index (χ3n) is 0.618. The van der Waals surface area contributed by atoms with Crippen molar-refractivity contribution in [2.45, 2.75) is 12.6 Å². The summed E-state index contributed by atoms with van der Waals surface area (Å²) in [6.07, 6.45) is 2.07. The van der Waals surface area contributed by atoms with E-state index in [1.54, 1.807) is 11.8 Å². The molecule has 3 N–H and O–H groups in total. The molecule has 0 aliphatic heterocycles. The molecule has 0 amide bonds.